The Labute approximate surface area is 197 Å². The smallest absolute Gasteiger partial charge is 0.226 e. The Kier molecular flexibility index (Phi) is 6.64. The van der Waals surface area contributed by atoms with E-state index in [-0.39, 0.29) is 23.7 Å². The second-order valence-electron chi connectivity index (χ2n) is 8.43. The summed E-state index contributed by atoms with van der Waals surface area (Å²) in [6.45, 7) is 2.28. The van der Waals surface area contributed by atoms with Gasteiger partial charge in [0.15, 0.2) is 5.78 Å². The van der Waals surface area contributed by atoms with Crippen LogP contribution in [0.15, 0.2) is 54.9 Å². The number of hydrogen-bond donors (Lipinski definition) is 2. The largest absolute Gasteiger partial charge is 0.354 e. The van der Waals surface area contributed by atoms with Gasteiger partial charge in [0, 0.05) is 37.5 Å². The molecule has 1 saturated carbocycles. The highest BCUT2D eigenvalue weighted by molar-refractivity contribution is 6.00. The number of Topliss-reactive ketones (excluding diaryl/α,β-unsaturated/α-hetero) is 1. The van der Waals surface area contributed by atoms with Gasteiger partial charge in [-0.1, -0.05) is 19.1 Å². The molecular formula is C26H24FN5O2. The molecule has 0 atom stereocenters. The standard InChI is InChI=1S/C26H24FN5O2/c1-2-24-29-15-19(16-30-24)23(33)12-26(9-10-26)25(34)31-14-17-3-6-21(7-4-17)32-22-8-5-20(27)11-18(22)13-28/h3-8,11,15-16,32H,2,9-10,12,14H2,1H3,(H,31,34). The lowest BCUT2D eigenvalue weighted by atomic mass is 9.95. The Morgan fingerprint density at radius 3 is 2.44 bits per heavy atom. The minimum Gasteiger partial charge on any atom is -0.354 e. The van der Waals surface area contributed by atoms with Crippen LogP contribution in [0.1, 0.15) is 53.5 Å². The number of benzene rings is 2. The quantitative estimate of drug-likeness (QED) is 0.459. The van der Waals surface area contributed by atoms with Gasteiger partial charge in [0.2, 0.25) is 5.91 Å². The monoisotopic (exact) mass is 457 g/mol. The molecule has 0 saturated heterocycles. The zero-order valence-electron chi connectivity index (χ0n) is 18.8. The Morgan fingerprint density at radius 2 is 1.82 bits per heavy atom. The normalized spacial score (nSPS) is 13.6. The summed E-state index contributed by atoms with van der Waals surface area (Å²) >= 11 is 0. The highest BCUT2D eigenvalue weighted by atomic mass is 19.1. The zero-order chi connectivity index (χ0) is 24.1. The summed E-state index contributed by atoms with van der Waals surface area (Å²) in [5, 5.41) is 15.2. The van der Waals surface area contributed by atoms with Crippen molar-refractivity contribution in [3.05, 3.63) is 83.2 Å². The Balaban J connectivity index is 1.32. The number of ketones is 1. The molecule has 1 aliphatic carbocycles. The number of aromatic nitrogens is 2. The number of nitrogens with zero attached hydrogens (tertiary/aromatic N) is 3. The molecule has 1 amide bonds. The number of carbonyl (C=O) groups is 2. The van der Waals surface area contributed by atoms with Crippen LogP contribution in [0, 0.1) is 22.6 Å². The van der Waals surface area contributed by atoms with Crippen molar-refractivity contribution in [1.29, 1.82) is 5.26 Å². The first kappa shape index (κ1) is 23.1. The summed E-state index contributed by atoms with van der Waals surface area (Å²) < 4.78 is 13.3. The first-order valence-electron chi connectivity index (χ1n) is 11.1. The van der Waals surface area contributed by atoms with Crippen LogP contribution < -0.4 is 10.6 Å². The number of hydrogen-bond acceptors (Lipinski definition) is 6. The molecule has 3 aromatic rings. The molecule has 1 aliphatic rings. The van der Waals surface area contributed by atoms with Gasteiger partial charge in [0.25, 0.3) is 0 Å². The van der Waals surface area contributed by atoms with Gasteiger partial charge in [-0.25, -0.2) is 14.4 Å². The fourth-order valence-corrected chi connectivity index (χ4v) is 3.67. The van der Waals surface area contributed by atoms with E-state index in [1.807, 2.05) is 37.3 Å². The molecule has 0 radical (unpaired) electrons. The van der Waals surface area contributed by atoms with Crippen LogP contribution >= 0.6 is 0 Å². The molecule has 0 bridgehead atoms. The number of amides is 1. The van der Waals surface area contributed by atoms with Crippen LogP contribution in [0.5, 0.6) is 0 Å². The van der Waals surface area contributed by atoms with Gasteiger partial charge < -0.3 is 10.6 Å². The van der Waals surface area contributed by atoms with Gasteiger partial charge in [-0.2, -0.15) is 5.26 Å². The third kappa shape index (κ3) is 5.26. The predicted molar refractivity (Wildman–Crippen MR) is 125 cm³/mol. The number of nitrogens with one attached hydrogen (secondary N) is 2. The average Bonchev–Trinajstić information content (AvgIpc) is 3.65. The molecule has 0 aliphatic heterocycles. The van der Waals surface area contributed by atoms with E-state index >= 15 is 0 Å². The van der Waals surface area contributed by atoms with Gasteiger partial charge in [-0.15, -0.1) is 0 Å². The van der Waals surface area contributed by atoms with E-state index in [0.717, 1.165) is 11.3 Å². The Bertz CT molecular complexity index is 1250. The molecule has 7 nitrogen and oxygen atoms in total. The minimum absolute atomic E-state index is 0.122. The molecule has 0 unspecified atom stereocenters. The fourth-order valence-electron chi connectivity index (χ4n) is 3.67. The Morgan fingerprint density at radius 1 is 1.12 bits per heavy atom. The minimum atomic E-state index is -0.654. The third-order valence-corrected chi connectivity index (χ3v) is 5.97. The lowest BCUT2D eigenvalue weighted by Gasteiger charge is -2.15. The first-order chi connectivity index (χ1) is 16.4. The number of carbonyl (C=O) groups excluding carboxylic acids is 2. The molecule has 1 heterocycles. The average molecular weight is 458 g/mol. The predicted octanol–water partition coefficient (Wildman–Crippen LogP) is 4.46. The molecule has 4 rings (SSSR count). The van der Waals surface area contributed by atoms with Crippen LogP contribution in [0.3, 0.4) is 0 Å². The zero-order valence-corrected chi connectivity index (χ0v) is 18.8. The van der Waals surface area contributed by atoms with Crippen molar-refractivity contribution in [3.63, 3.8) is 0 Å². The summed E-state index contributed by atoms with van der Waals surface area (Å²) in [6.07, 6.45) is 5.27. The van der Waals surface area contributed by atoms with Crippen molar-refractivity contribution < 1.29 is 14.0 Å². The van der Waals surface area contributed by atoms with Gasteiger partial charge in [0.05, 0.1) is 22.2 Å². The summed E-state index contributed by atoms with van der Waals surface area (Å²) in [7, 11) is 0. The summed E-state index contributed by atoms with van der Waals surface area (Å²) in [6, 6.07) is 13.3. The van der Waals surface area contributed by atoms with Crippen LogP contribution in [-0.4, -0.2) is 21.7 Å². The molecule has 172 valence electrons. The number of rotatable bonds is 9. The topological polar surface area (TPSA) is 108 Å². The van der Waals surface area contributed by atoms with Crippen LogP contribution in [0.25, 0.3) is 0 Å². The van der Waals surface area contributed by atoms with E-state index in [9.17, 15) is 19.2 Å². The maximum absolute atomic E-state index is 13.3. The van der Waals surface area contributed by atoms with Gasteiger partial charge in [-0.05, 0) is 48.7 Å². The second kappa shape index (κ2) is 9.79. The number of aryl methyl sites for hydroxylation is 1. The van der Waals surface area contributed by atoms with E-state index in [2.05, 4.69) is 20.6 Å². The van der Waals surface area contributed by atoms with Crippen LogP contribution in [0.2, 0.25) is 0 Å². The molecule has 34 heavy (non-hydrogen) atoms. The SMILES string of the molecule is CCc1ncc(C(=O)CC2(C(=O)NCc3ccc(Nc4ccc(F)cc4C#N)cc3)CC2)cn1. The van der Waals surface area contributed by atoms with Gasteiger partial charge >= 0.3 is 0 Å². The molecule has 1 aromatic heterocycles. The highest BCUT2D eigenvalue weighted by Crippen LogP contribution is 2.49. The third-order valence-electron chi connectivity index (χ3n) is 5.97. The van der Waals surface area contributed by atoms with E-state index in [1.165, 1.54) is 30.6 Å². The maximum atomic E-state index is 13.3. The highest BCUT2D eigenvalue weighted by Gasteiger charge is 2.51. The molecule has 2 aromatic carbocycles. The lowest BCUT2D eigenvalue weighted by Crippen LogP contribution is -2.33. The first-order valence-corrected chi connectivity index (χ1v) is 11.1. The molecule has 2 N–H and O–H groups in total. The number of anilines is 2. The second-order valence-corrected chi connectivity index (χ2v) is 8.43. The van der Waals surface area contributed by atoms with Crippen molar-refractivity contribution >= 4 is 23.1 Å². The van der Waals surface area contributed by atoms with Gasteiger partial charge in [-0.3, -0.25) is 9.59 Å². The molecule has 1 fully saturated rings. The molecule has 0 spiro atoms. The summed E-state index contributed by atoms with van der Waals surface area (Å²) in [5.74, 6) is -0.0340. The number of nitriles is 1. The van der Waals surface area contributed by atoms with Crippen molar-refractivity contribution in [2.24, 2.45) is 5.41 Å². The molecule has 8 heteroatoms. The summed E-state index contributed by atoms with van der Waals surface area (Å²) in [5.41, 5.74) is 2.13. The van der Waals surface area contributed by atoms with Crippen molar-refractivity contribution in [3.8, 4) is 6.07 Å². The summed E-state index contributed by atoms with van der Waals surface area (Å²) in [4.78, 5) is 33.8. The maximum Gasteiger partial charge on any atom is 0.226 e. The van der Waals surface area contributed by atoms with E-state index < -0.39 is 11.2 Å². The van der Waals surface area contributed by atoms with Crippen LogP contribution in [0.4, 0.5) is 15.8 Å². The lowest BCUT2D eigenvalue weighted by molar-refractivity contribution is -0.126. The van der Waals surface area contributed by atoms with Crippen molar-refractivity contribution in [2.45, 2.75) is 39.2 Å². The molecular weight excluding hydrogens is 433 g/mol. The van der Waals surface area contributed by atoms with E-state index in [0.29, 0.717) is 42.9 Å². The Hall–Kier alpha value is -4.12. The van der Waals surface area contributed by atoms with Crippen molar-refractivity contribution in [2.75, 3.05) is 5.32 Å². The van der Waals surface area contributed by atoms with Crippen LogP contribution in [-0.2, 0) is 17.8 Å². The number of halogens is 1. The van der Waals surface area contributed by atoms with E-state index in [4.69, 9.17) is 0 Å². The fraction of sp³-hybridized carbons (Fsp3) is 0.269. The van der Waals surface area contributed by atoms with Gasteiger partial charge in [0.1, 0.15) is 17.7 Å². The van der Waals surface area contributed by atoms with Crippen molar-refractivity contribution in [1.82, 2.24) is 15.3 Å². The van der Waals surface area contributed by atoms with E-state index in [1.54, 1.807) is 0 Å².